The first-order valence-corrected chi connectivity index (χ1v) is 6.59. The third-order valence-electron chi connectivity index (χ3n) is 3.49. The van der Waals surface area contributed by atoms with Gasteiger partial charge in [-0.2, -0.15) is 0 Å². The molecule has 0 aliphatic carbocycles. The number of pyridine rings is 1. The summed E-state index contributed by atoms with van der Waals surface area (Å²) in [6, 6.07) is 3.83. The van der Waals surface area contributed by atoms with Crippen LogP contribution < -0.4 is 4.90 Å². The van der Waals surface area contributed by atoms with E-state index >= 15 is 0 Å². The van der Waals surface area contributed by atoms with Crippen LogP contribution in [0.3, 0.4) is 0 Å². The molecular weight excluding hydrogens is 228 g/mol. The first kappa shape index (κ1) is 13.3. The molecule has 1 fully saturated rings. The molecule has 0 bridgehead atoms. The zero-order valence-electron chi connectivity index (χ0n) is 11.2. The van der Waals surface area contributed by atoms with Crippen molar-refractivity contribution in [3.63, 3.8) is 0 Å². The van der Waals surface area contributed by atoms with E-state index < -0.39 is 6.10 Å². The Labute approximate surface area is 109 Å². The molecular formula is C14H22N2O2. The second-order valence-corrected chi connectivity index (χ2v) is 5.00. The molecule has 0 radical (unpaired) electrons. The average Bonchev–Trinajstić information content (AvgIpc) is 2.39. The van der Waals surface area contributed by atoms with Crippen LogP contribution in [0.4, 0.5) is 5.82 Å². The molecule has 1 aromatic heterocycles. The Hall–Kier alpha value is -1.13. The van der Waals surface area contributed by atoms with Crippen molar-refractivity contribution in [2.24, 2.45) is 5.92 Å². The smallest absolute Gasteiger partial charge is 0.134 e. The molecule has 4 nitrogen and oxygen atoms in total. The van der Waals surface area contributed by atoms with E-state index in [0.717, 1.165) is 37.5 Å². The van der Waals surface area contributed by atoms with E-state index in [2.05, 4.69) is 9.88 Å². The Morgan fingerprint density at radius 1 is 1.61 bits per heavy atom. The molecule has 1 saturated heterocycles. The molecule has 1 N–H and O–H groups in total. The lowest BCUT2D eigenvalue weighted by atomic mass is 9.98. The van der Waals surface area contributed by atoms with E-state index in [0.29, 0.717) is 5.92 Å². The van der Waals surface area contributed by atoms with E-state index in [-0.39, 0.29) is 0 Å². The molecule has 1 aliphatic heterocycles. The van der Waals surface area contributed by atoms with Gasteiger partial charge >= 0.3 is 0 Å². The molecule has 0 amide bonds. The molecule has 1 aliphatic rings. The lowest BCUT2D eigenvalue weighted by Gasteiger charge is -2.34. The van der Waals surface area contributed by atoms with E-state index in [9.17, 15) is 5.11 Å². The number of anilines is 1. The summed E-state index contributed by atoms with van der Waals surface area (Å²) in [7, 11) is 1.75. The average molecular weight is 250 g/mol. The summed E-state index contributed by atoms with van der Waals surface area (Å²) >= 11 is 0. The Balaban J connectivity index is 2.15. The number of nitrogens with zero attached hydrogens (tertiary/aromatic N) is 2. The SMILES string of the molecule is COCC1CCCN(c2ncccc2[C@H](C)O)C1. The monoisotopic (exact) mass is 250 g/mol. The Kier molecular flexibility index (Phi) is 4.55. The van der Waals surface area contributed by atoms with Gasteiger partial charge in [0.15, 0.2) is 0 Å². The predicted molar refractivity (Wildman–Crippen MR) is 71.7 cm³/mol. The van der Waals surface area contributed by atoms with Crippen molar-refractivity contribution in [2.45, 2.75) is 25.9 Å². The number of methoxy groups -OCH3 is 1. The van der Waals surface area contributed by atoms with Crippen molar-refractivity contribution in [2.75, 3.05) is 31.7 Å². The Morgan fingerprint density at radius 2 is 2.44 bits per heavy atom. The zero-order chi connectivity index (χ0) is 13.0. The van der Waals surface area contributed by atoms with Gasteiger partial charge in [-0.1, -0.05) is 6.07 Å². The lowest BCUT2D eigenvalue weighted by molar-refractivity contribution is 0.142. The molecule has 18 heavy (non-hydrogen) atoms. The van der Waals surface area contributed by atoms with Gasteiger partial charge in [0.2, 0.25) is 0 Å². The zero-order valence-corrected chi connectivity index (χ0v) is 11.2. The van der Waals surface area contributed by atoms with E-state index in [4.69, 9.17) is 4.74 Å². The lowest BCUT2D eigenvalue weighted by Crippen LogP contribution is -2.38. The molecule has 2 rings (SSSR count). The molecule has 100 valence electrons. The summed E-state index contributed by atoms with van der Waals surface area (Å²) in [5.74, 6) is 1.49. The van der Waals surface area contributed by atoms with Gasteiger partial charge in [-0.25, -0.2) is 4.98 Å². The molecule has 0 aromatic carbocycles. The number of hydrogen-bond acceptors (Lipinski definition) is 4. The first-order chi connectivity index (χ1) is 8.72. The number of piperidine rings is 1. The number of aliphatic hydroxyl groups is 1. The number of aromatic nitrogens is 1. The van der Waals surface area contributed by atoms with E-state index in [1.165, 1.54) is 6.42 Å². The highest BCUT2D eigenvalue weighted by molar-refractivity contribution is 5.48. The van der Waals surface area contributed by atoms with Crippen LogP contribution in [0.1, 0.15) is 31.4 Å². The predicted octanol–water partition coefficient (Wildman–Crippen LogP) is 2.00. The van der Waals surface area contributed by atoms with Gasteiger partial charge < -0.3 is 14.7 Å². The van der Waals surface area contributed by atoms with E-state index in [1.54, 1.807) is 20.2 Å². The van der Waals surface area contributed by atoms with Gasteiger partial charge in [-0.05, 0) is 31.7 Å². The Morgan fingerprint density at radius 3 is 3.17 bits per heavy atom. The number of aliphatic hydroxyl groups excluding tert-OH is 1. The van der Waals surface area contributed by atoms with Crippen molar-refractivity contribution in [3.05, 3.63) is 23.9 Å². The largest absolute Gasteiger partial charge is 0.389 e. The van der Waals surface area contributed by atoms with Crippen LogP contribution in [0.2, 0.25) is 0 Å². The minimum absolute atomic E-state index is 0.475. The summed E-state index contributed by atoms with van der Waals surface area (Å²) in [5.41, 5.74) is 0.913. The van der Waals surface area contributed by atoms with Crippen LogP contribution in [0, 0.1) is 5.92 Å². The number of rotatable bonds is 4. The van der Waals surface area contributed by atoms with E-state index in [1.807, 2.05) is 12.1 Å². The fourth-order valence-corrected chi connectivity index (χ4v) is 2.63. The maximum absolute atomic E-state index is 9.81. The highest BCUT2D eigenvalue weighted by Gasteiger charge is 2.23. The fourth-order valence-electron chi connectivity index (χ4n) is 2.63. The van der Waals surface area contributed by atoms with Crippen molar-refractivity contribution in [1.29, 1.82) is 0 Å². The van der Waals surface area contributed by atoms with Crippen molar-refractivity contribution >= 4 is 5.82 Å². The molecule has 4 heteroatoms. The van der Waals surface area contributed by atoms with Crippen molar-refractivity contribution in [1.82, 2.24) is 4.98 Å². The fraction of sp³-hybridized carbons (Fsp3) is 0.643. The second-order valence-electron chi connectivity index (χ2n) is 5.00. The highest BCUT2D eigenvalue weighted by atomic mass is 16.5. The maximum atomic E-state index is 9.81. The van der Waals surface area contributed by atoms with Crippen LogP contribution >= 0.6 is 0 Å². The first-order valence-electron chi connectivity index (χ1n) is 6.59. The summed E-state index contributed by atoms with van der Waals surface area (Å²) in [6.45, 7) is 4.56. The number of hydrogen-bond donors (Lipinski definition) is 1. The molecule has 2 atom stereocenters. The van der Waals surface area contributed by atoms with Crippen LogP contribution in [0.5, 0.6) is 0 Å². The van der Waals surface area contributed by atoms with Gasteiger partial charge in [-0.3, -0.25) is 0 Å². The highest BCUT2D eigenvalue weighted by Crippen LogP contribution is 2.27. The van der Waals surface area contributed by atoms with Gasteiger partial charge in [0.05, 0.1) is 12.7 Å². The minimum Gasteiger partial charge on any atom is -0.389 e. The summed E-state index contributed by atoms with van der Waals surface area (Å²) in [5, 5.41) is 9.81. The molecule has 1 aromatic rings. The van der Waals surface area contributed by atoms with Gasteiger partial charge in [0.1, 0.15) is 5.82 Å². The molecule has 0 saturated carbocycles. The van der Waals surface area contributed by atoms with Crippen molar-refractivity contribution < 1.29 is 9.84 Å². The van der Waals surface area contributed by atoms with Gasteiger partial charge in [-0.15, -0.1) is 0 Å². The van der Waals surface area contributed by atoms with Gasteiger partial charge in [0.25, 0.3) is 0 Å². The molecule has 2 heterocycles. The summed E-state index contributed by atoms with van der Waals surface area (Å²) in [6.07, 6.45) is 3.68. The summed E-state index contributed by atoms with van der Waals surface area (Å²) in [4.78, 5) is 6.72. The van der Waals surface area contributed by atoms with Crippen LogP contribution in [-0.4, -0.2) is 36.9 Å². The number of ether oxygens (including phenoxy) is 1. The van der Waals surface area contributed by atoms with Crippen molar-refractivity contribution in [3.8, 4) is 0 Å². The van der Waals surface area contributed by atoms with Crippen LogP contribution in [0.25, 0.3) is 0 Å². The van der Waals surface area contributed by atoms with Crippen LogP contribution in [0.15, 0.2) is 18.3 Å². The van der Waals surface area contributed by atoms with Gasteiger partial charge in [0, 0.05) is 32.0 Å². The van der Waals surface area contributed by atoms with Crippen LogP contribution in [-0.2, 0) is 4.74 Å². The molecule has 1 unspecified atom stereocenters. The minimum atomic E-state index is -0.475. The topological polar surface area (TPSA) is 45.6 Å². The maximum Gasteiger partial charge on any atom is 0.134 e. The third-order valence-corrected chi connectivity index (χ3v) is 3.49. The Bertz CT molecular complexity index is 380. The summed E-state index contributed by atoms with van der Waals surface area (Å²) < 4.78 is 5.25. The third kappa shape index (κ3) is 3.00. The second kappa shape index (κ2) is 6.16. The standard InChI is InChI=1S/C14H22N2O2/c1-11(17)13-6-3-7-15-14(13)16-8-4-5-12(9-16)10-18-2/h3,6-7,11-12,17H,4-5,8-10H2,1-2H3/t11-,12?/m0/s1. The quantitative estimate of drug-likeness (QED) is 0.887. The molecule has 0 spiro atoms. The normalized spacial score (nSPS) is 21.9.